The van der Waals surface area contributed by atoms with Crippen LogP contribution >= 0.6 is 11.6 Å². The first-order chi connectivity index (χ1) is 8.97. The molecule has 0 amide bonds. The molecule has 1 heterocycles. The molecule has 0 atom stereocenters. The first kappa shape index (κ1) is 13.6. The van der Waals surface area contributed by atoms with Crippen LogP contribution in [-0.4, -0.2) is 4.98 Å². The summed E-state index contributed by atoms with van der Waals surface area (Å²) in [7, 11) is 0. The van der Waals surface area contributed by atoms with Crippen molar-refractivity contribution >= 4 is 23.0 Å². The van der Waals surface area contributed by atoms with Gasteiger partial charge < -0.3 is 11.1 Å². The molecule has 0 saturated carbocycles. The van der Waals surface area contributed by atoms with E-state index in [1.807, 2.05) is 13.0 Å². The van der Waals surface area contributed by atoms with Crippen LogP contribution in [0.15, 0.2) is 24.3 Å². The van der Waals surface area contributed by atoms with Crippen molar-refractivity contribution < 1.29 is 4.39 Å². The molecule has 0 aliphatic carbocycles. The second-order valence-corrected chi connectivity index (χ2v) is 4.81. The molecule has 0 bridgehead atoms. The van der Waals surface area contributed by atoms with Gasteiger partial charge in [0.05, 0.1) is 11.4 Å². The molecule has 2 aromatic rings. The van der Waals surface area contributed by atoms with Crippen molar-refractivity contribution in [2.45, 2.75) is 20.4 Å². The van der Waals surface area contributed by atoms with E-state index < -0.39 is 0 Å². The number of aryl methyl sites for hydroxylation is 2. The maximum absolute atomic E-state index is 13.2. The van der Waals surface area contributed by atoms with Crippen LogP contribution in [0.3, 0.4) is 0 Å². The Morgan fingerprint density at radius 3 is 2.74 bits per heavy atom. The molecular weight excluding hydrogens is 265 g/mol. The van der Waals surface area contributed by atoms with E-state index in [0.29, 0.717) is 17.8 Å². The summed E-state index contributed by atoms with van der Waals surface area (Å²) in [5.41, 5.74) is 9.40. The minimum atomic E-state index is -0.203. The van der Waals surface area contributed by atoms with E-state index in [9.17, 15) is 4.39 Å². The summed E-state index contributed by atoms with van der Waals surface area (Å²) in [6.07, 6.45) is 0. The lowest BCUT2D eigenvalue weighted by atomic mass is 10.1. The van der Waals surface area contributed by atoms with Gasteiger partial charge in [-0.05, 0) is 37.1 Å². The monoisotopic (exact) mass is 279 g/mol. The van der Waals surface area contributed by atoms with E-state index in [4.69, 9.17) is 17.3 Å². The van der Waals surface area contributed by atoms with E-state index in [1.165, 1.54) is 6.07 Å². The average molecular weight is 280 g/mol. The van der Waals surface area contributed by atoms with Crippen molar-refractivity contribution in [3.63, 3.8) is 0 Å². The number of hydrogen-bond donors (Lipinski definition) is 2. The van der Waals surface area contributed by atoms with Gasteiger partial charge >= 0.3 is 0 Å². The second kappa shape index (κ2) is 5.45. The summed E-state index contributed by atoms with van der Waals surface area (Å²) >= 11 is 5.92. The topological polar surface area (TPSA) is 50.9 Å². The summed E-state index contributed by atoms with van der Waals surface area (Å²) < 4.78 is 13.2. The van der Waals surface area contributed by atoms with Gasteiger partial charge in [0.25, 0.3) is 0 Å². The Kier molecular flexibility index (Phi) is 3.90. The Bertz CT molecular complexity index is 614. The fourth-order valence-electron chi connectivity index (χ4n) is 1.81. The highest BCUT2D eigenvalue weighted by molar-refractivity contribution is 6.32. The van der Waals surface area contributed by atoms with Crippen LogP contribution in [-0.2, 0) is 6.54 Å². The van der Waals surface area contributed by atoms with Crippen LogP contribution in [0.5, 0.6) is 0 Å². The zero-order valence-electron chi connectivity index (χ0n) is 10.8. The van der Waals surface area contributed by atoms with Crippen LogP contribution in [0.25, 0.3) is 0 Å². The van der Waals surface area contributed by atoms with Crippen molar-refractivity contribution in [1.29, 1.82) is 0 Å². The highest BCUT2D eigenvalue weighted by atomic mass is 35.5. The van der Waals surface area contributed by atoms with Crippen LogP contribution in [0.4, 0.5) is 15.8 Å². The Morgan fingerprint density at radius 2 is 2.05 bits per heavy atom. The molecule has 3 nitrogen and oxygen atoms in total. The third-order valence-electron chi connectivity index (χ3n) is 2.85. The molecule has 0 saturated heterocycles. The van der Waals surface area contributed by atoms with Crippen molar-refractivity contribution in [3.05, 3.63) is 52.1 Å². The molecule has 19 heavy (non-hydrogen) atoms. The van der Waals surface area contributed by atoms with Gasteiger partial charge in [-0.1, -0.05) is 23.7 Å². The van der Waals surface area contributed by atoms with E-state index in [1.54, 1.807) is 19.1 Å². The molecule has 2 rings (SSSR count). The summed E-state index contributed by atoms with van der Waals surface area (Å²) in [6, 6.07) is 6.83. The molecule has 0 aliphatic rings. The number of nitrogens with two attached hydrogens (primary N) is 1. The van der Waals surface area contributed by atoms with Gasteiger partial charge in [0.1, 0.15) is 5.82 Å². The molecule has 0 spiro atoms. The highest BCUT2D eigenvalue weighted by Gasteiger charge is 2.06. The number of nitrogen functional groups attached to an aromatic ring is 1. The predicted octanol–water partition coefficient (Wildman–Crippen LogP) is 3.69. The molecule has 1 aromatic carbocycles. The quantitative estimate of drug-likeness (QED) is 0.843. The fraction of sp³-hybridized carbons (Fsp3) is 0.214. The Morgan fingerprint density at radius 1 is 1.32 bits per heavy atom. The molecule has 1 aromatic heterocycles. The van der Waals surface area contributed by atoms with Crippen molar-refractivity contribution in [2.75, 3.05) is 11.1 Å². The third kappa shape index (κ3) is 3.15. The number of benzene rings is 1. The maximum Gasteiger partial charge on any atom is 0.154 e. The summed E-state index contributed by atoms with van der Waals surface area (Å²) in [6.45, 7) is 4.13. The van der Waals surface area contributed by atoms with Crippen molar-refractivity contribution in [2.24, 2.45) is 0 Å². The van der Waals surface area contributed by atoms with Crippen LogP contribution in [0.2, 0.25) is 5.15 Å². The molecule has 0 fully saturated rings. The van der Waals surface area contributed by atoms with E-state index in [2.05, 4.69) is 10.3 Å². The van der Waals surface area contributed by atoms with Crippen LogP contribution < -0.4 is 11.1 Å². The minimum Gasteiger partial charge on any atom is -0.395 e. The fourth-order valence-corrected chi connectivity index (χ4v) is 2.04. The first-order valence-corrected chi connectivity index (χ1v) is 6.26. The second-order valence-electron chi connectivity index (χ2n) is 4.45. The molecule has 0 unspecified atom stereocenters. The average Bonchev–Trinajstić information content (AvgIpc) is 2.36. The van der Waals surface area contributed by atoms with Crippen LogP contribution in [0, 0.1) is 19.7 Å². The standard InChI is InChI=1S/C14H15ClFN3/c1-8-5-10(3-4-11(8)16)7-18-12-6-9(2)19-14(15)13(12)17/h3-6H,7,17H2,1-2H3,(H,18,19). The molecule has 100 valence electrons. The highest BCUT2D eigenvalue weighted by Crippen LogP contribution is 2.26. The lowest BCUT2D eigenvalue weighted by molar-refractivity contribution is 0.617. The largest absolute Gasteiger partial charge is 0.395 e. The molecular formula is C14H15ClFN3. The summed E-state index contributed by atoms with van der Waals surface area (Å²) in [5, 5.41) is 3.48. The molecule has 5 heteroatoms. The van der Waals surface area contributed by atoms with Crippen molar-refractivity contribution in [1.82, 2.24) is 4.98 Å². The van der Waals surface area contributed by atoms with Gasteiger partial charge in [0.15, 0.2) is 5.15 Å². The minimum absolute atomic E-state index is 0.203. The molecule has 0 radical (unpaired) electrons. The number of pyridine rings is 1. The van der Waals surface area contributed by atoms with Crippen molar-refractivity contribution in [3.8, 4) is 0 Å². The number of nitrogens with one attached hydrogen (secondary N) is 1. The first-order valence-electron chi connectivity index (χ1n) is 5.89. The number of aromatic nitrogens is 1. The van der Waals surface area contributed by atoms with Gasteiger partial charge in [-0.15, -0.1) is 0 Å². The van der Waals surface area contributed by atoms with E-state index in [-0.39, 0.29) is 11.0 Å². The number of halogens is 2. The summed E-state index contributed by atoms with van der Waals surface area (Å²) in [4.78, 5) is 4.07. The predicted molar refractivity (Wildman–Crippen MR) is 76.9 cm³/mol. The summed E-state index contributed by atoms with van der Waals surface area (Å²) in [5.74, 6) is -0.203. The Labute approximate surface area is 116 Å². The SMILES string of the molecule is Cc1cc(NCc2ccc(F)c(C)c2)c(N)c(Cl)n1. The van der Waals surface area contributed by atoms with Gasteiger partial charge in [-0.2, -0.15) is 0 Å². The van der Waals surface area contributed by atoms with E-state index >= 15 is 0 Å². The number of hydrogen-bond acceptors (Lipinski definition) is 3. The number of rotatable bonds is 3. The lowest BCUT2D eigenvalue weighted by Crippen LogP contribution is -2.05. The molecule has 3 N–H and O–H groups in total. The van der Waals surface area contributed by atoms with E-state index in [0.717, 1.165) is 16.9 Å². The van der Waals surface area contributed by atoms with Gasteiger partial charge in [0.2, 0.25) is 0 Å². The van der Waals surface area contributed by atoms with Gasteiger partial charge in [0, 0.05) is 12.2 Å². The third-order valence-corrected chi connectivity index (χ3v) is 3.13. The molecule has 0 aliphatic heterocycles. The van der Waals surface area contributed by atoms with Crippen LogP contribution in [0.1, 0.15) is 16.8 Å². The smallest absolute Gasteiger partial charge is 0.154 e. The number of nitrogens with zero attached hydrogens (tertiary/aromatic N) is 1. The lowest BCUT2D eigenvalue weighted by Gasteiger charge is -2.11. The maximum atomic E-state index is 13.2. The Balaban J connectivity index is 2.16. The normalized spacial score (nSPS) is 10.5. The Hall–Kier alpha value is -1.81. The zero-order valence-corrected chi connectivity index (χ0v) is 11.6. The number of anilines is 2. The van der Waals surface area contributed by atoms with Gasteiger partial charge in [-0.25, -0.2) is 9.37 Å². The zero-order chi connectivity index (χ0) is 14.0. The van der Waals surface area contributed by atoms with Gasteiger partial charge in [-0.3, -0.25) is 0 Å².